The lowest BCUT2D eigenvalue weighted by molar-refractivity contribution is 0.340. The van der Waals surface area contributed by atoms with Crippen molar-refractivity contribution in [1.29, 1.82) is 0 Å². The highest BCUT2D eigenvalue weighted by Crippen LogP contribution is 2.41. The van der Waals surface area contributed by atoms with Gasteiger partial charge in [-0.15, -0.1) is 11.3 Å². The van der Waals surface area contributed by atoms with Crippen molar-refractivity contribution >= 4 is 29.8 Å². The van der Waals surface area contributed by atoms with Gasteiger partial charge in [-0.25, -0.2) is 4.39 Å². The van der Waals surface area contributed by atoms with Crippen LogP contribution < -0.4 is 4.74 Å². The summed E-state index contributed by atoms with van der Waals surface area (Å²) in [6.45, 7) is 0. The molecule has 0 saturated carbocycles. The second kappa shape index (κ2) is 6.68. The van der Waals surface area contributed by atoms with Crippen LogP contribution in [0.1, 0.15) is 4.88 Å². The number of aromatic hydroxyl groups is 1. The van der Waals surface area contributed by atoms with Crippen LogP contribution >= 0.6 is 19.7 Å². The molecular weight excluding hydrogens is 302 g/mol. The van der Waals surface area contributed by atoms with Crippen molar-refractivity contribution in [2.45, 2.75) is 6.42 Å². The molecule has 0 atom stereocenters. The smallest absolute Gasteiger partial charge is 0.195 e. The standard InChI is InChI=1S/C13H16FO4PS/c1-16-10-7-11-9(12(14)13(10)15)6-8(20-11)4-5-19(17-2)18-3/h6-7,15H,4-5H2,1-3H3. The Kier molecular flexibility index (Phi) is 5.16. The van der Waals surface area contributed by atoms with Crippen LogP contribution in [0, 0.1) is 5.82 Å². The molecule has 7 heteroatoms. The van der Waals surface area contributed by atoms with Gasteiger partial charge in [0, 0.05) is 41.4 Å². The molecule has 0 saturated heterocycles. The van der Waals surface area contributed by atoms with Gasteiger partial charge >= 0.3 is 0 Å². The maximum absolute atomic E-state index is 14.0. The largest absolute Gasteiger partial charge is 0.502 e. The summed E-state index contributed by atoms with van der Waals surface area (Å²) < 4.78 is 30.1. The van der Waals surface area contributed by atoms with E-state index in [9.17, 15) is 9.50 Å². The van der Waals surface area contributed by atoms with E-state index in [0.717, 1.165) is 22.2 Å². The number of benzene rings is 1. The van der Waals surface area contributed by atoms with Crippen LogP contribution in [0.2, 0.25) is 0 Å². The Morgan fingerprint density at radius 3 is 2.55 bits per heavy atom. The Balaban J connectivity index is 2.27. The molecule has 0 bridgehead atoms. The summed E-state index contributed by atoms with van der Waals surface area (Å²) in [5, 5.41) is 10.1. The fraction of sp³-hybridized carbons (Fsp3) is 0.385. The number of aryl methyl sites for hydroxylation is 1. The molecule has 0 aliphatic rings. The second-order valence-corrected chi connectivity index (χ2v) is 7.05. The van der Waals surface area contributed by atoms with Gasteiger partial charge in [0.25, 0.3) is 0 Å². The minimum Gasteiger partial charge on any atom is -0.502 e. The van der Waals surface area contributed by atoms with Gasteiger partial charge in [-0.1, -0.05) is 0 Å². The molecule has 0 radical (unpaired) electrons. The van der Waals surface area contributed by atoms with Gasteiger partial charge in [-0.05, 0) is 12.5 Å². The molecule has 1 aromatic carbocycles. The zero-order valence-corrected chi connectivity index (χ0v) is 13.2. The minimum atomic E-state index is -0.894. The molecule has 0 aliphatic heterocycles. The maximum Gasteiger partial charge on any atom is 0.195 e. The van der Waals surface area contributed by atoms with Crippen LogP contribution in [-0.2, 0) is 15.5 Å². The number of thiophene rings is 1. The van der Waals surface area contributed by atoms with Gasteiger partial charge in [0.1, 0.15) is 0 Å². The van der Waals surface area contributed by atoms with E-state index < -0.39 is 19.9 Å². The van der Waals surface area contributed by atoms with Crippen LogP contribution in [0.3, 0.4) is 0 Å². The Bertz CT molecular complexity index is 598. The third kappa shape index (κ3) is 3.04. The topological polar surface area (TPSA) is 47.9 Å². The number of rotatable bonds is 6. The normalized spacial score (nSPS) is 11.4. The minimum absolute atomic E-state index is 0.152. The first-order chi connectivity index (χ1) is 9.60. The van der Waals surface area contributed by atoms with E-state index in [1.165, 1.54) is 18.4 Å². The third-order valence-corrected chi connectivity index (χ3v) is 5.46. The first kappa shape index (κ1) is 15.4. The van der Waals surface area contributed by atoms with Gasteiger partial charge in [0.2, 0.25) is 0 Å². The SMILES string of the molecule is COc1cc2sc(CCP(OC)OC)cc2c(F)c1O. The van der Waals surface area contributed by atoms with E-state index in [-0.39, 0.29) is 5.75 Å². The van der Waals surface area contributed by atoms with E-state index in [2.05, 4.69) is 0 Å². The van der Waals surface area contributed by atoms with Gasteiger partial charge in [-0.2, -0.15) is 0 Å². The van der Waals surface area contributed by atoms with E-state index in [1.54, 1.807) is 26.4 Å². The highest BCUT2D eigenvalue weighted by Gasteiger charge is 2.16. The lowest BCUT2D eigenvalue weighted by Gasteiger charge is -2.10. The number of halogens is 1. The zero-order chi connectivity index (χ0) is 14.7. The molecule has 1 N–H and O–H groups in total. The predicted octanol–water partition coefficient (Wildman–Crippen LogP) is 3.90. The Hall–Kier alpha value is -0.940. The van der Waals surface area contributed by atoms with Crippen molar-refractivity contribution < 1.29 is 23.3 Å². The summed E-state index contributed by atoms with van der Waals surface area (Å²) in [6, 6.07) is 3.41. The Morgan fingerprint density at radius 2 is 1.95 bits per heavy atom. The molecule has 4 nitrogen and oxygen atoms in total. The lowest BCUT2D eigenvalue weighted by atomic mass is 10.2. The van der Waals surface area contributed by atoms with E-state index in [0.29, 0.717) is 5.39 Å². The third-order valence-electron chi connectivity index (χ3n) is 2.92. The van der Waals surface area contributed by atoms with E-state index in [4.69, 9.17) is 13.8 Å². The average molecular weight is 318 g/mol. The maximum atomic E-state index is 14.0. The summed E-state index contributed by atoms with van der Waals surface area (Å²) in [4.78, 5) is 1.02. The number of hydrogen-bond donors (Lipinski definition) is 1. The Morgan fingerprint density at radius 1 is 1.25 bits per heavy atom. The summed E-state index contributed by atoms with van der Waals surface area (Å²) >= 11 is 1.48. The summed E-state index contributed by atoms with van der Waals surface area (Å²) in [5.41, 5.74) is 0. The first-order valence-corrected chi connectivity index (χ1v) is 8.12. The molecule has 0 spiro atoms. The quantitative estimate of drug-likeness (QED) is 0.821. The van der Waals surface area contributed by atoms with Crippen molar-refractivity contribution in [2.24, 2.45) is 0 Å². The summed E-state index contributed by atoms with van der Waals surface area (Å²) in [7, 11) is 3.74. The zero-order valence-electron chi connectivity index (χ0n) is 11.5. The number of phenols is 1. The van der Waals surface area contributed by atoms with E-state index in [1.807, 2.05) is 0 Å². The molecule has 110 valence electrons. The number of phenolic OH excluding ortho intramolecular Hbond substituents is 1. The first-order valence-electron chi connectivity index (χ1n) is 5.94. The second-order valence-electron chi connectivity index (χ2n) is 4.04. The molecule has 2 aromatic rings. The van der Waals surface area contributed by atoms with Crippen molar-refractivity contribution in [1.82, 2.24) is 0 Å². The highest BCUT2D eigenvalue weighted by atomic mass is 32.1. The lowest BCUT2D eigenvalue weighted by Crippen LogP contribution is -1.92. The van der Waals surface area contributed by atoms with Crippen LogP contribution in [-0.4, -0.2) is 32.6 Å². The predicted molar refractivity (Wildman–Crippen MR) is 79.5 cm³/mol. The highest BCUT2D eigenvalue weighted by molar-refractivity contribution is 7.47. The van der Waals surface area contributed by atoms with Gasteiger partial charge in [0.05, 0.1) is 7.11 Å². The van der Waals surface area contributed by atoms with Crippen molar-refractivity contribution in [3.05, 3.63) is 22.8 Å². The fourth-order valence-corrected chi connectivity index (χ4v) is 4.07. The fourth-order valence-electron chi connectivity index (χ4n) is 1.90. The average Bonchev–Trinajstić information content (AvgIpc) is 2.87. The van der Waals surface area contributed by atoms with Crippen LogP contribution in [0.15, 0.2) is 12.1 Å². The number of ether oxygens (including phenoxy) is 1. The van der Waals surface area contributed by atoms with Crippen molar-refractivity contribution in [3.8, 4) is 11.5 Å². The summed E-state index contributed by atoms with van der Waals surface area (Å²) in [5.74, 6) is -0.928. The van der Waals surface area contributed by atoms with Crippen molar-refractivity contribution in [2.75, 3.05) is 27.5 Å². The van der Waals surface area contributed by atoms with Crippen LogP contribution in [0.5, 0.6) is 11.5 Å². The molecular formula is C13H16FO4PS. The van der Waals surface area contributed by atoms with Gasteiger partial charge in [-0.3, -0.25) is 0 Å². The number of fused-ring (bicyclic) bond motifs is 1. The van der Waals surface area contributed by atoms with Gasteiger partial charge < -0.3 is 18.9 Å². The summed E-state index contributed by atoms with van der Waals surface area (Å²) in [6.07, 6.45) is 1.50. The molecule has 1 heterocycles. The molecule has 1 aromatic heterocycles. The molecule has 0 fully saturated rings. The van der Waals surface area contributed by atoms with Crippen molar-refractivity contribution in [3.63, 3.8) is 0 Å². The Labute approximate surface area is 122 Å². The number of methoxy groups -OCH3 is 1. The number of hydrogen-bond acceptors (Lipinski definition) is 5. The molecule has 2 rings (SSSR count). The monoisotopic (exact) mass is 318 g/mol. The van der Waals surface area contributed by atoms with Crippen LogP contribution in [0.4, 0.5) is 4.39 Å². The van der Waals surface area contributed by atoms with Gasteiger partial charge in [0.15, 0.2) is 25.7 Å². The molecule has 0 unspecified atom stereocenters. The molecule has 0 amide bonds. The molecule has 20 heavy (non-hydrogen) atoms. The molecule has 0 aliphatic carbocycles. The van der Waals surface area contributed by atoms with E-state index >= 15 is 0 Å². The van der Waals surface area contributed by atoms with Crippen LogP contribution in [0.25, 0.3) is 10.1 Å².